The van der Waals surface area contributed by atoms with Crippen LogP contribution in [0.4, 0.5) is 0 Å². The molecule has 0 fully saturated rings. The number of hydrogen-bond acceptors (Lipinski definition) is 3. The number of nitrogens with zero attached hydrogens (tertiary/aromatic N) is 2. The lowest BCUT2D eigenvalue weighted by atomic mass is 10.1. The van der Waals surface area contributed by atoms with E-state index in [2.05, 4.69) is 28.6 Å². The van der Waals surface area contributed by atoms with Crippen molar-refractivity contribution in [1.82, 2.24) is 9.55 Å². The standard InChI is InChI=1S/C13H16N2OS/c1-11(12-5-3-2-4-6-12)15-8-7-14-13(15)17-10-9-16/h2-8,11,16H,9-10H2,1H3. The van der Waals surface area contributed by atoms with Gasteiger partial charge in [0.1, 0.15) is 0 Å². The molecule has 17 heavy (non-hydrogen) atoms. The molecule has 1 heterocycles. The van der Waals surface area contributed by atoms with Gasteiger partial charge in [-0.25, -0.2) is 4.98 Å². The van der Waals surface area contributed by atoms with Gasteiger partial charge in [-0.1, -0.05) is 42.1 Å². The molecule has 0 radical (unpaired) electrons. The van der Waals surface area contributed by atoms with E-state index in [1.165, 1.54) is 5.56 Å². The van der Waals surface area contributed by atoms with Crippen molar-refractivity contribution in [3.63, 3.8) is 0 Å². The van der Waals surface area contributed by atoms with Crippen LogP contribution in [0.25, 0.3) is 0 Å². The first-order chi connectivity index (χ1) is 8.33. The van der Waals surface area contributed by atoms with Crippen LogP contribution < -0.4 is 0 Å². The predicted octanol–water partition coefficient (Wildman–Crippen LogP) is 2.58. The van der Waals surface area contributed by atoms with Crippen molar-refractivity contribution in [2.45, 2.75) is 18.1 Å². The zero-order chi connectivity index (χ0) is 12.1. The van der Waals surface area contributed by atoms with E-state index in [1.54, 1.807) is 18.0 Å². The normalized spacial score (nSPS) is 12.6. The van der Waals surface area contributed by atoms with Crippen LogP contribution in [0.15, 0.2) is 47.9 Å². The van der Waals surface area contributed by atoms with Crippen LogP contribution in [0.5, 0.6) is 0 Å². The number of aliphatic hydroxyl groups excluding tert-OH is 1. The van der Waals surface area contributed by atoms with E-state index in [-0.39, 0.29) is 12.6 Å². The monoisotopic (exact) mass is 248 g/mol. The Morgan fingerprint density at radius 3 is 2.82 bits per heavy atom. The molecule has 1 atom stereocenters. The van der Waals surface area contributed by atoms with Crippen molar-refractivity contribution in [3.05, 3.63) is 48.3 Å². The van der Waals surface area contributed by atoms with E-state index in [4.69, 9.17) is 5.11 Å². The first kappa shape index (κ1) is 12.2. The van der Waals surface area contributed by atoms with Gasteiger partial charge in [0.2, 0.25) is 0 Å². The summed E-state index contributed by atoms with van der Waals surface area (Å²) in [6.45, 7) is 2.33. The summed E-state index contributed by atoms with van der Waals surface area (Å²) in [7, 11) is 0. The van der Waals surface area contributed by atoms with Crippen molar-refractivity contribution >= 4 is 11.8 Å². The largest absolute Gasteiger partial charge is 0.396 e. The van der Waals surface area contributed by atoms with Crippen LogP contribution in [0, 0.1) is 0 Å². The van der Waals surface area contributed by atoms with Crippen molar-refractivity contribution in [1.29, 1.82) is 0 Å². The lowest BCUT2D eigenvalue weighted by Crippen LogP contribution is -2.07. The number of hydrogen-bond donors (Lipinski definition) is 1. The van der Waals surface area contributed by atoms with Gasteiger partial charge in [-0.05, 0) is 12.5 Å². The maximum absolute atomic E-state index is 8.85. The SMILES string of the molecule is CC(c1ccccc1)n1ccnc1SCCO. The first-order valence-corrected chi connectivity index (χ1v) is 6.63. The third kappa shape index (κ3) is 2.90. The molecule has 2 aromatic rings. The second kappa shape index (κ2) is 5.89. The number of benzene rings is 1. The Hall–Kier alpha value is -1.26. The number of aliphatic hydroxyl groups is 1. The Kier molecular flexibility index (Phi) is 4.23. The molecule has 0 amide bonds. The maximum Gasteiger partial charge on any atom is 0.168 e. The number of imidazole rings is 1. The van der Waals surface area contributed by atoms with Gasteiger partial charge in [-0.3, -0.25) is 0 Å². The molecule has 2 rings (SSSR count). The van der Waals surface area contributed by atoms with E-state index < -0.39 is 0 Å². The van der Waals surface area contributed by atoms with Crippen molar-refractivity contribution < 1.29 is 5.11 Å². The highest BCUT2D eigenvalue weighted by molar-refractivity contribution is 7.99. The molecule has 90 valence electrons. The molecule has 0 bridgehead atoms. The molecule has 0 aliphatic heterocycles. The summed E-state index contributed by atoms with van der Waals surface area (Å²) in [5, 5.41) is 9.81. The molecule has 1 unspecified atom stereocenters. The number of aromatic nitrogens is 2. The van der Waals surface area contributed by atoms with E-state index >= 15 is 0 Å². The van der Waals surface area contributed by atoms with Crippen LogP contribution in [0.2, 0.25) is 0 Å². The summed E-state index contributed by atoms with van der Waals surface area (Å²) in [4.78, 5) is 4.32. The average Bonchev–Trinajstić information content (AvgIpc) is 2.84. The third-order valence-electron chi connectivity index (χ3n) is 2.65. The fraction of sp³-hybridized carbons (Fsp3) is 0.308. The van der Waals surface area contributed by atoms with Crippen LogP contribution in [0.1, 0.15) is 18.5 Å². The Morgan fingerprint density at radius 1 is 1.35 bits per heavy atom. The fourth-order valence-electron chi connectivity index (χ4n) is 1.73. The molecular weight excluding hydrogens is 232 g/mol. The highest BCUT2D eigenvalue weighted by Gasteiger charge is 2.11. The molecule has 1 aromatic heterocycles. The Labute approximate surface area is 106 Å². The molecule has 0 saturated heterocycles. The second-order valence-corrected chi connectivity index (χ2v) is 4.84. The Bertz CT molecular complexity index is 455. The predicted molar refractivity (Wildman–Crippen MR) is 70.3 cm³/mol. The van der Waals surface area contributed by atoms with E-state index in [0.29, 0.717) is 5.75 Å². The van der Waals surface area contributed by atoms with Gasteiger partial charge in [0, 0.05) is 18.1 Å². The molecule has 0 saturated carbocycles. The minimum absolute atomic E-state index is 0.178. The highest BCUT2D eigenvalue weighted by atomic mass is 32.2. The summed E-state index contributed by atoms with van der Waals surface area (Å²) in [5.41, 5.74) is 1.26. The fourth-order valence-corrected chi connectivity index (χ4v) is 2.51. The topological polar surface area (TPSA) is 38.0 Å². The maximum atomic E-state index is 8.85. The van der Waals surface area contributed by atoms with Crippen LogP contribution in [0.3, 0.4) is 0 Å². The number of thioether (sulfide) groups is 1. The molecule has 0 spiro atoms. The molecule has 1 N–H and O–H groups in total. The van der Waals surface area contributed by atoms with Crippen molar-refractivity contribution in [2.24, 2.45) is 0 Å². The quantitative estimate of drug-likeness (QED) is 0.826. The Balaban J connectivity index is 2.19. The van der Waals surface area contributed by atoms with Crippen LogP contribution in [-0.2, 0) is 0 Å². The van der Waals surface area contributed by atoms with Crippen molar-refractivity contribution in [3.8, 4) is 0 Å². The van der Waals surface area contributed by atoms with Gasteiger partial charge in [0.05, 0.1) is 12.6 Å². The van der Waals surface area contributed by atoms with Crippen molar-refractivity contribution in [2.75, 3.05) is 12.4 Å². The molecule has 0 aliphatic rings. The minimum Gasteiger partial charge on any atom is -0.396 e. The smallest absolute Gasteiger partial charge is 0.168 e. The summed E-state index contributed by atoms with van der Waals surface area (Å²) < 4.78 is 2.13. The summed E-state index contributed by atoms with van der Waals surface area (Å²) in [5.74, 6) is 0.679. The average molecular weight is 248 g/mol. The molecule has 1 aromatic carbocycles. The molecule has 3 nitrogen and oxygen atoms in total. The second-order valence-electron chi connectivity index (χ2n) is 3.78. The zero-order valence-electron chi connectivity index (χ0n) is 9.78. The highest BCUT2D eigenvalue weighted by Crippen LogP contribution is 2.24. The minimum atomic E-state index is 0.178. The van der Waals surface area contributed by atoms with Gasteiger partial charge >= 0.3 is 0 Å². The van der Waals surface area contributed by atoms with Gasteiger partial charge in [0.15, 0.2) is 5.16 Å². The van der Waals surface area contributed by atoms with E-state index in [1.807, 2.05) is 24.4 Å². The molecular formula is C13H16N2OS. The Morgan fingerprint density at radius 2 is 2.12 bits per heavy atom. The summed E-state index contributed by atoms with van der Waals surface area (Å²) >= 11 is 1.58. The summed E-state index contributed by atoms with van der Waals surface area (Å²) in [6, 6.07) is 10.6. The first-order valence-electron chi connectivity index (χ1n) is 5.64. The third-order valence-corrected chi connectivity index (χ3v) is 3.62. The van der Waals surface area contributed by atoms with Gasteiger partial charge < -0.3 is 9.67 Å². The van der Waals surface area contributed by atoms with Gasteiger partial charge in [0.25, 0.3) is 0 Å². The zero-order valence-corrected chi connectivity index (χ0v) is 10.6. The lowest BCUT2D eigenvalue weighted by molar-refractivity contribution is 0.322. The summed E-state index contributed by atoms with van der Waals surface area (Å²) in [6.07, 6.45) is 3.79. The molecule has 0 aliphatic carbocycles. The lowest BCUT2D eigenvalue weighted by Gasteiger charge is -2.16. The van der Waals surface area contributed by atoms with Crippen LogP contribution in [-0.4, -0.2) is 27.0 Å². The van der Waals surface area contributed by atoms with E-state index in [9.17, 15) is 0 Å². The van der Waals surface area contributed by atoms with Gasteiger partial charge in [-0.15, -0.1) is 0 Å². The van der Waals surface area contributed by atoms with Crippen LogP contribution >= 0.6 is 11.8 Å². The molecule has 4 heteroatoms. The van der Waals surface area contributed by atoms with E-state index in [0.717, 1.165) is 5.16 Å². The number of rotatable bonds is 5. The van der Waals surface area contributed by atoms with Gasteiger partial charge in [-0.2, -0.15) is 0 Å².